The first kappa shape index (κ1) is 16.7. The minimum absolute atomic E-state index is 0.0320. The summed E-state index contributed by atoms with van der Waals surface area (Å²) in [4.78, 5) is 25.2. The topological polar surface area (TPSA) is 75.4 Å². The van der Waals surface area contributed by atoms with Crippen molar-refractivity contribution in [2.75, 3.05) is 32.9 Å². The Balaban J connectivity index is 2.14. The van der Waals surface area contributed by atoms with Gasteiger partial charge in [-0.15, -0.1) is 0 Å². The van der Waals surface area contributed by atoms with Crippen molar-refractivity contribution in [2.45, 2.75) is 45.1 Å². The number of nitrogen functional groups attached to an aromatic ring is 1. The quantitative estimate of drug-likeness (QED) is 0.920. The van der Waals surface area contributed by atoms with Crippen LogP contribution in [-0.2, 0) is 0 Å². The number of rotatable bonds is 3. The molecule has 1 aromatic heterocycles. The summed E-state index contributed by atoms with van der Waals surface area (Å²) >= 11 is 0. The Kier molecular flexibility index (Phi) is 5.34. The standard InChI is InChI=1S/C16H27N5O/c1-11(2)13-10-14(19-16(17)18-13)15(22)21-8-5-6-12(7-9-21)20(3)4/h10-12H,5-9H2,1-4H3,(H2,17,18,19). The van der Waals surface area contributed by atoms with E-state index >= 15 is 0 Å². The summed E-state index contributed by atoms with van der Waals surface area (Å²) in [7, 11) is 4.20. The third-order valence-corrected chi connectivity index (χ3v) is 4.29. The van der Waals surface area contributed by atoms with E-state index in [0.717, 1.165) is 38.0 Å². The van der Waals surface area contributed by atoms with E-state index in [9.17, 15) is 4.79 Å². The van der Waals surface area contributed by atoms with E-state index in [1.807, 2.05) is 18.7 Å². The molecule has 1 saturated heterocycles. The summed E-state index contributed by atoms with van der Waals surface area (Å²) in [6, 6.07) is 2.32. The molecule has 1 aliphatic heterocycles. The van der Waals surface area contributed by atoms with Crippen LogP contribution in [0.3, 0.4) is 0 Å². The summed E-state index contributed by atoms with van der Waals surface area (Å²) in [5.41, 5.74) is 6.99. The predicted octanol–water partition coefficient (Wildman–Crippen LogP) is 1.74. The molecule has 2 heterocycles. The Morgan fingerprint density at radius 1 is 1.32 bits per heavy atom. The van der Waals surface area contributed by atoms with Gasteiger partial charge in [-0.3, -0.25) is 4.79 Å². The number of amides is 1. The van der Waals surface area contributed by atoms with Crippen LogP contribution < -0.4 is 5.73 Å². The average Bonchev–Trinajstić information content (AvgIpc) is 2.71. The minimum atomic E-state index is -0.0320. The zero-order chi connectivity index (χ0) is 16.3. The summed E-state index contributed by atoms with van der Waals surface area (Å²) < 4.78 is 0. The van der Waals surface area contributed by atoms with Crippen molar-refractivity contribution >= 4 is 11.9 Å². The van der Waals surface area contributed by atoms with E-state index in [4.69, 9.17) is 5.73 Å². The van der Waals surface area contributed by atoms with E-state index in [0.29, 0.717) is 11.7 Å². The van der Waals surface area contributed by atoms with Crippen LogP contribution in [0.2, 0.25) is 0 Å². The molecule has 1 fully saturated rings. The smallest absolute Gasteiger partial charge is 0.272 e. The molecule has 0 spiro atoms. The highest BCUT2D eigenvalue weighted by atomic mass is 16.2. The van der Waals surface area contributed by atoms with Gasteiger partial charge in [0.15, 0.2) is 0 Å². The number of hydrogen-bond acceptors (Lipinski definition) is 5. The zero-order valence-corrected chi connectivity index (χ0v) is 14.0. The van der Waals surface area contributed by atoms with Gasteiger partial charge in [-0.1, -0.05) is 13.8 Å². The molecule has 122 valence electrons. The molecule has 0 radical (unpaired) electrons. The fraction of sp³-hybridized carbons (Fsp3) is 0.688. The van der Waals surface area contributed by atoms with Gasteiger partial charge in [0.2, 0.25) is 5.95 Å². The maximum atomic E-state index is 12.7. The fourth-order valence-electron chi connectivity index (χ4n) is 2.85. The molecular formula is C16H27N5O. The van der Waals surface area contributed by atoms with Crippen molar-refractivity contribution in [1.29, 1.82) is 0 Å². The SMILES string of the molecule is CC(C)c1cc(C(=O)N2CCCC(N(C)C)CC2)nc(N)n1. The second-order valence-electron chi connectivity index (χ2n) is 6.53. The molecule has 6 heteroatoms. The second kappa shape index (κ2) is 7.05. The van der Waals surface area contributed by atoms with E-state index in [1.54, 1.807) is 6.07 Å². The van der Waals surface area contributed by atoms with Crippen LogP contribution in [0.4, 0.5) is 5.95 Å². The Bertz CT molecular complexity index is 529. The Hall–Kier alpha value is -1.69. The lowest BCUT2D eigenvalue weighted by molar-refractivity contribution is 0.0752. The van der Waals surface area contributed by atoms with Crippen molar-refractivity contribution in [3.05, 3.63) is 17.5 Å². The Morgan fingerprint density at radius 2 is 2.05 bits per heavy atom. The molecular weight excluding hydrogens is 278 g/mol. The van der Waals surface area contributed by atoms with Crippen molar-refractivity contribution in [1.82, 2.24) is 19.8 Å². The van der Waals surface area contributed by atoms with Gasteiger partial charge in [-0.25, -0.2) is 9.97 Å². The minimum Gasteiger partial charge on any atom is -0.368 e. The predicted molar refractivity (Wildman–Crippen MR) is 87.8 cm³/mol. The summed E-state index contributed by atoms with van der Waals surface area (Å²) in [6.45, 7) is 5.61. The second-order valence-corrected chi connectivity index (χ2v) is 6.53. The van der Waals surface area contributed by atoms with E-state index in [2.05, 4.69) is 29.0 Å². The van der Waals surface area contributed by atoms with Crippen molar-refractivity contribution in [3.8, 4) is 0 Å². The molecule has 22 heavy (non-hydrogen) atoms. The maximum Gasteiger partial charge on any atom is 0.272 e. The van der Waals surface area contributed by atoms with Gasteiger partial charge >= 0.3 is 0 Å². The lowest BCUT2D eigenvalue weighted by Crippen LogP contribution is -2.34. The first-order valence-corrected chi connectivity index (χ1v) is 7.98. The van der Waals surface area contributed by atoms with E-state index in [-0.39, 0.29) is 17.8 Å². The number of carbonyl (C=O) groups is 1. The highest BCUT2D eigenvalue weighted by Gasteiger charge is 2.24. The summed E-state index contributed by atoms with van der Waals surface area (Å²) in [5.74, 6) is 0.366. The van der Waals surface area contributed by atoms with E-state index < -0.39 is 0 Å². The maximum absolute atomic E-state index is 12.7. The van der Waals surface area contributed by atoms with Crippen LogP contribution in [0.1, 0.15) is 55.2 Å². The molecule has 1 aliphatic rings. The van der Waals surface area contributed by atoms with Gasteiger partial charge in [0.1, 0.15) is 5.69 Å². The van der Waals surface area contributed by atoms with Crippen LogP contribution in [0.5, 0.6) is 0 Å². The van der Waals surface area contributed by atoms with Crippen molar-refractivity contribution < 1.29 is 4.79 Å². The number of carbonyl (C=O) groups excluding carboxylic acids is 1. The zero-order valence-electron chi connectivity index (χ0n) is 14.0. The van der Waals surface area contributed by atoms with Crippen molar-refractivity contribution in [3.63, 3.8) is 0 Å². The Morgan fingerprint density at radius 3 is 2.68 bits per heavy atom. The molecule has 1 unspecified atom stereocenters. The number of aromatic nitrogens is 2. The highest BCUT2D eigenvalue weighted by Crippen LogP contribution is 2.18. The largest absolute Gasteiger partial charge is 0.368 e. The highest BCUT2D eigenvalue weighted by molar-refractivity contribution is 5.92. The van der Waals surface area contributed by atoms with Crippen LogP contribution in [-0.4, -0.2) is 58.9 Å². The van der Waals surface area contributed by atoms with Gasteiger partial charge in [0.05, 0.1) is 0 Å². The number of likely N-dealkylation sites (tertiary alicyclic amines) is 1. The lowest BCUT2D eigenvalue weighted by Gasteiger charge is -2.23. The summed E-state index contributed by atoms with van der Waals surface area (Å²) in [5, 5.41) is 0. The van der Waals surface area contributed by atoms with Gasteiger partial charge in [0.25, 0.3) is 5.91 Å². The average molecular weight is 305 g/mol. The van der Waals surface area contributed by atoms with Gasteiger partial charge in [-0.05, 0) is 45.3 Å². The number of nitrogens with two attached hydrogens (primary N) is 1. The lowest BCUT2D eigenvalue weighted by atomic mass is 10.1. The number of anilines is 1. The van der Waals surface area contributed by atoms with Crippen LogP contribution in [0.15, 0.2) is 6.07 Å². The molecule has 0 aromatic carbocycles. The Labute approximate surface area is 132 Å². The third kappa shape index (κ3) is 3.94. The van der Waals surface area contributed by atoms with Gasteiger partial charge < -0.3 is 15.5 Å². The molecule has 0 aliphatic carbocycles. The third-order valence-electron chi connectivity index (χ3n) is 4.29. The van der Waals surface area contributed by atoms with Crippen LogP contribution in [0.25, 0.3) is 0 Å². The first-order valence-electron chi connectivity index (χ1n) is 7.98. The molecule has 0 bridgehead atoms. The molecule has 1 amide bonds. The van der Waals surface area contributed by atoms with Gasteiger partial charge in [0, 0.05) is 24.8 Å². The monoisotopic (exact) mass is 305 g/mol. The molecule has 6 nitrogen and oxygen atoms in total. The first-order chi connectivity index (χ1) is 10.4. The molecule has 0 saturated carbocycles. The van der Waals surface area contributed by atoms with Gasteiger partial charge in [-0.2, -0.15) is 0 Å². The normalized spacial score (nSPS) is 19.5. The number of hydrogen-bond donors (Lipinski definition) is 1. The molecule has 1 atom stereocenters. The van der Waals surface area contributed by atoms with E-state index in [1.165, 1.54) is 0 Å². The number of nitrogens with zero attached hydrogens (tertiary/aromatic N) is 4. The molecule has 1 aromatic rings. The summed E-state index contributed by atoms with van der Waals surface area (Å²) in [6.07, 6.45) is 3.14. The van der Waals surface area contributed by atoms with Crippen LogP contribution >= 0.6 is 0 Å². The fourth-order valence-corrected chi connectivity index (χ4v) is 2.85. The van der Waals surface area contributed by atoms with Crippen molar-refractivity contribution in [2.24, 2.45) is 0 Å². The van der Waals surface area contributed by atoms with Crippen LogP contribution in [0, 0.1) is 0 Å². The molecule has 2 N–H and O–H groups in total. The molecule has 2 rings (SSSR count).